The third-order valence-corrected chi connectivity index (χ3v) is 3.78. The topological polar surface area (TPSA) is 76.0 Å². The molecule has 0 bridgehead atoms. The Balaban J connectivity index is 3.02. The van der Waals surface area contributed by atoms with Crippen LogP contribution in [-0.2, 0) is 11.2 Å². The van der Waals surface area contributed by atoms with E-state index in [0.29, 0.717) is 30.2 Å². The van der Waals surface area contributed by atoms with E-state index in [0.717, 1.165) is 30.6 Å². The van der Waals surface area contributed by atoms with Crippen molar-refractivity contribution >= 4 is 17.6 Å². The van der Waals surface area contributed by atoms with Crippen molar-refractivity contribution in [3.05, 3.63) is 23.3 Å². The number of benzene rings is 1. The monoisotopic (exact) mass is 358 g/mol. The number of hydrogen-bond acceptors (Lipinski definition) is 4. The van der Waals surface area contributed by atoms with Crippen LogP contribution >= 0.6 is 11.6 Å². The third kappa shape index (κ3) is 6.57. The van der Waals surface area contributed by atoms with Crippen LogP contribution in [0.2, 0.25) is 0 Å². The van der Waals surface area contributed by atoms with Gasteiger partial charge in [0.05, 0.1) is 19.3 Å². The first kappa shape index (κ1) is 20.6. The maximum absolute atomic E-state index is 10.6. The van der Waals surface area contributed by atoms with Gasteiger partial charge in [0.1, 0.15) is 11.5 Å². The number of hydrogen-bond donors (Lipinski definition) is 2. The van der Waals surface area contributed by atoms with E-state index in [-0.39, 0.29) is 13.0 Å². The molecule has 1 atom stereocenters. The van der Waals surface area contributed by atoms with Crippen LogP contribution in [0.15, 0.2) is 12.1 Å². The largest absolute Gasteiger partial charge is 0.493 e. The van der Waals surface area contributed by atoms with Gasteiger partial charge in [0, 0.05) is 23.4 Å². The van der Waals surface area contributed by atoms with Crippen LogP contribution in [0.3, 0.4) is 0 Å². The summed E-state index contributed by atoms with van der Waals surface area (Å²) >= 11 is 5.69. The first-order valence-electron chi connectivity index (χ1n) is 8.38. The molecular weight excluding hydrogens is 332 g/mol. The summed E-state index contributed by atoms with van der Waals surface area (Å²) in [5.74, 6) is 1.04. The van der Waals surface area contributed by atoms with Crippen LogP contribution in [0.4, 0.5) is 0 Å². The van der Waals surface area contributed by atoms with Gasteiger partial charge < -0.3 is 19.7 Å². The van der Waals surface area contributed by atoms with E-state index in [1.54, 1.807) is 13.0 Å². The summed E-state index contributed by atoms with van der Waals surface area (Å²) in [5, 5.41) is 18.7. The van der Waals surface area contributed by atoms with Gasteiger partial charge in [-0.2, -0.15) is 0 Å². The molecule has 0 aliphatic carbocycles. The zero-order valence-electron chi connectivity index (χ0n) is 14.4. The lowest BCUT2D eigenvalue weighted by Gasteiger charge is -2.20. The Morgan fingerprint density at radius 1 is 1.25 bits per heavy atom. The van der Waals surface area contributed by atoms with Gasteiger partial charge >= 0.3 is 5.97 Å². The van der Waals surface area contributed by atoms with E-state index < -0.39 is 12.1 Å². The van der Waals surface area contributed by atoms with Gasteiger partial charge in [-0.1, -0.05) is 13.3 Å². The summed E-state index contributed by atoms with van der Waals surface area (Å²) in [6.45, 7) is 4.55. The molecule has 0 saturated carbocycles. The van der Waals surface area contributed by atoms with Gasteiger partial charge in [0.15, 0.2) is 0 Å². The number of carboxylic acid groups (broad SMARTS) is 1. The van der Waals surface area contributed by atoms with Crippen LogP contribution < -0.4 is 9.47 Å². The Hall–Kier alpha value is -1.46. The second-order valence-electron chi connectivity index (χ2n) is 5.62. The normalized spacial score (nSPS) is 12.0. The van der Waals surface area contributed by atoms with Crippen LogP contribution in [0.5, 0.6) is 11.5 Å². The lowest BCUT2D eigenvalue weighted by Crippen LogP contribution is -2.09. The fraction of sp³-hybridized carbons (Fsp3) is 0.611. The van der Waals surface area contributed by atoms with E-state index in [1.165, 1.54) is 0 Å². The number of carbonyl (C=O) groups is 1. The first-order chi connectivity index (χ1) is 11.5. The lowest BCUT2D eigenvalue weighted by molar-refractivity contribution is -0.137. The maximum Gasteiger partial charge on any atom is 0.303 e. The van der Waals surface area contributed by atoms with E-state index in [4.69, 9.17) is 26.2 Å². The molecule has 1 rings (SSSR count). The van der Waals surface area contributed by atoms with Gasteiger partial charge in [0.2, 0.25) is 0 Å². The van der Waals surface area contributed by atoms with Crippen LogP contribution in [0, 0.1) is 0 Å². The highest BCUT2D eigenvalue weighted by atomic mass is 35.5. The van der Waals surface area contributed by atoms with Crippen molar-refractivity contribution < 1.29 is 24.5 Å². The van der Waals surface area contributed by atoms with E-state index >= 15 is 0 Å². The minimum absolute atomic E-state index is 0.0546. The molecule has 0 spiro atoms. The molecule has 1 aromatic rings. The third-order valence-electron chi connectivity index (χ3n) is 3.51. The molecule has 0 saturated heterocycles. The number of aliphatic hydroxyl groups excluding tert-OH is 1. The van der Waals surface area contributed by atoms with Gasteiger partial charge in [0.25, 0.3) is 0 Å². The predicted molar refractivity (Wildman–Crippen MR) is 94.3 cm³/mol. The Morgan fingerprint density at radius 2 is 1.96 bits per heavy atom. The highest BCUT2D eigenvalue weighted by Gasteiger charge is 2.18. The number of ether oxygens (including phenoxy) is 2. The van der Waals surface area contributed by atoms with Crippen molar-refractivity contribution in [1.29, 1.82) is 0 Å². The molecular formula is C18H27ClO5. The Morgan fingerprint density at radius 3 is 2.54 bits per heavy atom. The summed E-state index contributed by atoms with van der Waals surface area (Å²) in [6.07, 6.45) is 2.20. The number of alkyl halides is 1. The van der Waals surface area contributed by atoms with Crippen molar-refractivity contribution in [1.82, 2.24) is 0 Å². The van der Waals surface area contributed by atoms with Crippen molar-refractivity contribution in [2.45, 2.75) is 52.1 Å². The van der Waals surface area contributed by atoms with Crippen molar-refractivity contribution in [2.24, 2.45) is 0 Å². The van der Waals surface area contributed by atoms with E-state index in [9.17, 15) is 9.90 Å². The Labute approximate surface area is 148 Å². The second-order valence-corrected chi connectivity index (χ2v) is 6.00. The van der Waals surface area contributed by atoms with Crippen molar-refractivity contribution in [3.8, 4) is 11.5 Å². The van der Waals surface area contributed by atoms with E-state index in [1.807, 2.05) is 6.07 Å². The number of aliphatic hydroxyl groups is 1. The molecule has 2 N–H and O–H groups in total. The number of halogens is 1. The average molecular weight is 359 g/mol. The molecule has 0 amide bonds. The molecule has 0 radical (unpaired) electrons. The summed E-state index contributed by atoms with van der Waals surface area (Å²) in [7, 11) is 0. The average Bonchev–Trinajstić information content (AvgIpc) is 2.53. The molecule has 1 aromatic carbocycles. The fourth-order valence-electron chi connectivity index (χ4n) is 2.38. The van der Waals surface area contributed by atoms with Crippen LogP contribution in [0.1, 0.15) is 56.8 Å². The number of aliphatic carboxylic acids is 1. The Kier molecular flexibility index (Phi) is 9.57. The number of rotatable bonds is 12. The van der Waals surface area contributed by atoms with Crippen molar-refractivity contribution in [3.63, 3.8) is 0 Å². The predicted octanol–water partition coefficient (Wildman–Crippen LogP) is 3.94. The lowest BCUT2D eigenvalue weighted by atomic mass is 10.0. The maximum atomic E-state index is 10.6. The molecule has 0 aliphatic heterocycles. The smallest absolute Gasteiger partial charge is 0.303 e. The van der Waals surface area contributed by atoms with Gasteiger partial charge in [-0.3, -0.25) is 4.79 Å². The molecule has 136 valence electrons. The van der Waals surface area contributed by atoms with Gasteiger partial charge in [-0.05, 0) is 38.3 Å². The summed E-state index contributed by atoms with van der Waals surface area (Å²) < 4.78 is 11.7. The minimum Gasteiger partial charge on any atom is -0.493 e. The second kappa shape index (κ2) is 11.2. The van der Waals surface area contributed by atoms with Gasteiger partial charge in [-0.25, -0.2) is 0 Å². The number of carboxylic acids is 1. The highest BCUT2D eigenvalue weighted by molar-refractivity contribution is 6.17. The zero-order valence-corrected chi connectivity index (χ0v) is 15.1. The summed E-state index contributed by atoms with van der Waals surface area (Å²) in [5.41, 5.74) is 1.61. The SMILES string of the molecule is CCCc1c(OCCCCl)ccc(C(C)O)c1OCCCC(=O)O. The quantitative estimate of drug-likeness (QED) is 0.437. The minimum atomic E-state index is -0.846. The van der Waals surface area contributed by atoms with Gasteiger partial charge in [-0.15, -0.1) is 11.6 Å². The molecule has 0 heterocycles. The first-order valence-corrected chi connectivity index (χ1v) is 8.91. The van der Waals surface area contributed by atoms with Crippen LogP contribution in [-0.4, -0.2) is 35.3 Å². The molecule has 5 nitrogen and oxygen atoms in total. The summed E-state index contributed by atoms with van der Waals surface area (Å²) in [4.78, 5) is 10.6. The molecule has 0 aliphatic rings. The fourth-order valence-corrected chi connectivity index (χ4v) is 2.49. The molecule has 6 heteroatoms. The highest BCUT2D eigenvalue weighted by Crippen LogP contribution is 2.37. The molecule has 24 heavy (non-hydrogen) atoms. The van der Waals surface area contributed by atoms with Crippen LogP contribution in [0.25, 0.3) is 0 Å². The summed E-state index contributed by atoms with van der Waals surface area (Å²) in [6, 6.07) is 3.65. The molecule has 0 aromatic heterocycles. The Bertz CT molecular complexity index is 516. The van der Waals surface area contributed by atoms with E-state index in [2.05, 4.69) is 6.92 Å². The standard InChI is InChI=1S/C18H27ClO5/c1-3-6-15-16(23-12-5-10-19)9-8-14(13(2)20)18(15)24-11-4-7-17(21)22/h8-9,13,20H,3-7,10-12H2,1-2H3,(H,21,22). The molecule has 0 fully saturated rings. The van der Waals surface area contributed by atoms with Crippen molar-refractivity contribution in [2.75, 3.05) is 19.1 Å². The zero-order chi connectivity index (χ0) is 17.9. The molecule has 1 unspecified atom stereocenters.